The van der Waals surface area contributed by atoms with E-state index in [1.165, 1.54) is 11.1 Å². The molecule has 0 saturated heterocycles. The van der Waals surface area contributed by atoms with Gasteiger partial charge in [0.15, 0.2) is 47.5 Å². The Hall–Kier alpha value is -3.74. The lowest BCUT2D eigenvalue weighted by Gasteiger charge is -1.99. The van der Waals surface area contributed by atoms with Crippen LogP contribution in [0.4, 0.5) is 0 Å². The molecule has 0 unspecified atom stereocenters. The van der Waals surface area contributed by atoms with Gasteiger partial charge in [0.25, 0.3) is 0 Å². The molecule has 34 heavy (non-hydrogen) atoms. The number of thiazole rings is 2. The topological polar surface area (TPSA) is 33.5 Å². The van der Waals surface area contributed by atoms with Crippen LogP contribution in [-0.2, 0) is 13.1 Å². The molecule has 0 radical (unpaired) electrons. The molecule has 6 heteroatoms. The summed E-state index contributed by atoms with van der Waals surface area (Å²) in [7, 11) is 0. The largest absolute Gasteiger partial charge is 0.223 e. The Morgan fingerprint density at radius 1 is 0.500 bits per heavy atom. The van der Waals surface area contributed by atoms with Crippen molar-refractivity contribution in [3.05, 3.63) is 121 Å². The summed E-state index contributed by atoms with van der Waals surface area (Å²) in [5.74, 6) is 0. The zero-order valence-electron chi connectivity index (χ0n) is 18.4. The molecular formula is C28H22N4S2+2. The third-order valence-electron chi connectivity index (χ3n) is 5.67. The minimum Gasteiger partial charge on any atom is -0.223 e. The zero-order valence-corrected chi connectivity index (χ0v) is 20.0. The van der Waals surface area contributed by atoms with E-state index in [2.05, 4.69) is 107 Å². The predicted octanol–water partition coefficient (Wildman–Crippen LogP) is 5.76. The van der Waals surface area contributed by atoms with E-state index in [-0.39, 0.29) is 0 Å². The molecule has 0 aliphatic heterocycles. The summed E-state index contributed by atoms with van der Waals surface area (Å²) in [5, 5.41) is 2.03. The van der Waals surface area contributed by atoms with Crippen LogP contribution in [0.15, 0.2) is 110 Å². The van der Waals surface area contributed by atoms with Gasteiger partial charge < -0.3 is 0 Å². The van der Waals surface area contributed by atoms with Gasteiger partial charge in [0, 0.05) is 46.5 Å². The van der Waals surface area contributed by atoms with Crippen LogP contribution >= 0.6 is 22.7 Å². The minimum absolute atomic E-state index is 0.863. The van der Waals surface area contributed by atoms with Gasteiger partial charge >= 0.3 is 0 Å². The van der Waals surface area contributed by atoms with Gasteiger partial charge in [-0.1, -0.05) is 83.3 Å². The molecule has 6 rings (SSSR count). The monoisotopic (exact) mass is 478 g/mol. The fourth-order valence-electron chi connectivity index (χ4n) is 3.89. The molecule has 0 saturated carbocycles. The van der Waals surface area contributed by atoms with Crippen LogP contribution in [0.5, 0.6) is 0 Å². The van der Waals surface area contributed by atoms with Crippen molar-refractivity contribution in [3.63, 3.8) is 0 Å². The summed E-state index contributed by atoms with van der Waals surface area (Å²) in [5.41, 5.74) is 4.84. The molecule has 0 bridgehead atoms. The third kappa shape index (κ3) is 4.51. The first kappa shape index (κ1) is 20.8. The fourth-order valence-corrected chi connectivity index (χ4v) is 5.94. The Morgan fingerprint density at radius 3 is 1.26 bits per heavy atom. The van der Waals surface area contributed by atoms with Crippen molar-refractivity contribution < 1.29 is 9.13 Å². The van der Waals surface area contributed by atoms with Gasteiger partial charge in [0.2, 0.25) is 0 Å². The molecule has 0 aliphatic rings. The van der Waals surface area contributed by atoms with E-state index in [0.29, 0.717) is 0 Å². The molecule has 164 valence electrons. The Morgan fingerprint density at radius 2 is 0.882 bits per heavy atom. The minimum atomic E-state index is 0.863. The first-order chi connectivity index (χ1) is 16.8. The van der Waals surface area contributed by atoms with Gasteiger partial charge in [-0.3, -0.25) is 0 Å². The van der Waals surface area contributed by atoms with Crippen LogP contribution in [0.1, 0.15) is 11.1 Å². The zero-order chi connectivity index (χ0) is 22.7. The lowest BCUT2D eigenvalue weighted by molar-refractivity contribution is -0.688. The van der Waals surface area contributed by atoms with E-state index in [0.717, 1.165) is 43.9 Å². The molecule has 0 fully saturated rings. The van der Waals surface area contributed by atoms with Crippen LogP contribution in [0.3, 0.4) is 0 Å². The molecule has 2 aromatic carbocycles. The third-order valence-corrected chi connectivity index (χ3v) is 7.79. The van der Waals surface area contributed by atoms with E-state index >= 15 is 0 Å². The van der Waals surface area contributed by atoms with Crippen molar-refractivity contribution >= 4 is 32.3 Å². The maximum absolute atomic E-state index is 4.88. The number of aromatic nitrogens is 4. The maximum Gasteiger partial charge on any atom is 0.173 e. The molecule has 0 atom stereocenters. The predicted molar refractivity (Wildman–Crippen MR) is 138 cm³/mol. The van der Waals surface area contributed by atoms with Gasteiger partial charge in [-0.15, -0.1) is 0 Å². The number of rotatable bonds is 6. The summed E-state index contributed by atoms with van der Waals surface area (Å²) in [6, 6.07) is 29.5. The lowest BCUT2D eigenvalue weighted by Crippen LogP contribution is -2.32. The molecule has 0 aliphatic carbocycles. The van der Waals surface area contributed by atoms with Crippen molar-refractivity contribution in [1.82, 2.24) is 9.97 Å². The second kappa shape index (κ2) is 9.25. The van der Waals surface area contributed by atoms with Gasteiger partial charge in [-0.25, -0.2) is 19.1 Å². The molecule has 4 nitrogen and oxygen atoms in total. The van der Waals surface area contributed by atoms with Crippen molar-refractivity contribution in [2.75, 3.05) is 0 Å². The summed E-state index contributed by atoms with van der Waals surface area (Å²) in [6.45, 7) is 1.73. The number of nitrogens with zero attached hydrogens (tertiary/aromatic N) is 4. The summed E-state index contributed by atoms with van der Waals surface area (Å²) in [4.78, 5) is 11.7. The smallest absolute Gasteiger partial charge is 0.173 e. The molecule has 4 aromatic heterocycles. The normalized spacial score (nSPS) is 11.2. The van der Waals surface area contributed by atoms with Crippen molar-refractivity contribution in [3.8, 4) is 21.1 Å². The van der Waals surface area contributed by atoms with Crippen LogP contribution in [-0.4, -0.2) is 9.97 Å². The SMILES string of the molecule is c1ccc(C[n+]2ccc(-c3nc4sc(-c5cc[n+](Cc6ccccc6)cc5)nc4s3)cc2)cc1. The fraction of sp³-hybridized carbons (Fsp3) is 0.0714. The van der Waals surface area contributed by atoms with E-state index in [1.807, 2.05) is 12.1 Å². The van der Waals surface area contributed by atoms with Crippen LogP contribution in [0.25, 0.3) is 30.8 Å². The van der Waals surface area contributed by atoms with E-state index in [4.69, 9.17) is 9.97 Å². The van der Waals surface area contributed by atoms with E-state index in [1.54, 1.807) is 22.7 Å². The Kier molecular flexibility index (Phi) is 5.67. The molecule has 4 heterocycles. The first-order valence-electron chi connectivity index (χ1n) is 11.1. The molecule has 6 aromatic rings. The summed E-state index contributed by atoms with van der Waals surface area (Å²) >= 11 is 3.31. The number of fused-ring (bicyclic) bond motifs is 1. The molecule has 0 spiro atoms. The number of hydrogen-bond acceptors (Lipinski definition) is 4. The molecule has 0 N–H and O–H groups in total. The maximum atomic E-state index is 4.88. The highest BCUT2D eigenvalue weighted by atomic mass is 32.1. The summed E-state index contributed by atoms with van der Waals surface area (Å²) in [6.07, 6.45) is 8.47. The standard InChI is InChI=1S/C28H22N4S2/c1-3-7-21(8-4-1)19-31-15-11-23(12-16-31)25-29-27-28(33-25)30-26(34-27)24-13-17-32(18-14-24)20-22-9-5-2-6-10-22/h1-18H,19-20H2/q+2. The van der Waals surface area contributed by atoms with Crippen LogP contribution in [0.2, 0.25) is 0 Å². The van der Waals surface area contributed by atoms with E-state index in [9.17, 15) is 0 Å². The number of hydrogen-bond donors (Lipinski definition) is 0. The Balaban J connectivity index is 1.18. The quantitative estimate of drug-likeness (QED) is 0.285. The van der Waals surface area contributed by atoms with Gasteiger partial charge in [0.1, 0.15) is 10.0 Å². The van der Waals surface area contributed by atoms with Gasteiger partial charge in [0.05, 0.1) is 0 Å². The average molecular weight is 479 g/mol. The van der Waals surface area contributed by atoms with Crippen molar-refractivity contribution in [2.24, 2.45) is 0 Å². The van der Waals surface area contributed by atoms with Crippen LogP contribution < -0.4 is 9.13 Å². The highest BCUT2D eigenvalue weighted by molar-refractivity contribution is 7.29. The first-order valence-corrected chi connectivity index (χ1v) is 12.8. The average Bonchev–Trinajstić information content (AvgIpc) is 3.46. The Bertz CT molecular complexity index is 1380. The Labute approximate surface area is 206 Å². The van der Waals surface area contributed by atoms with Gasteiger partial charge in [-0.2, -0.15) is 0 Å². The number of pyridine rings is 2. The molecular weight excluding hydrogens is 456 g/mol. The second-order valence-electron chi connectivity index (χ2n) is 8.14. The van der Waals surface area contributed by atoms with Crippen molar-refractivity contribution in [2.45, 2.75) is 13.1 Å². The second-order valence-corrected chi connectivity index (χ2v) is 10.1. The lowest BCUT2D eigenvalue weighted by atomic mass is 10.2. The highest BCUT2D eigenvalue weighted by Gasteiger charge is 2.15. The molecule has 0 amide bonds. The highest BCUT2D eigenvalue weighted by Crippen LogP contribution is 2.36. The van der Waals surface area contributed by atoms with Crippen molar-refractivity contribution in [1.29, 1.82) is 0 Å². The van der Waals surface area contributed by atoms with E-state index < -0.39 is 0 Å². The van der Waals surface area contributed by atoms with Crippen LogP contribution in [0, 0.1) is 0 Å². The van der Waals surface area contributed by atoms with Gasteiger partial charge in [-0.05, 0) is 0 Å². The number of benzene rings is 2. The summed E-state index contributed by atoms with van der Waals surface area (Å²) < 4.78 is 4.37.